The first kappa shape index (κ1) is 9.50. The Morgan fingerprint density at radius 2 is 2.36 bits per heavy atom. The zero-order valence-corrected chi connectivity index (χ0v) is 9.21. The molecule has 0 amide bonds. The van der Waals surface area contributed by atoms with E-state index in [1.165, 1.54) is 0 Å². The smallest absolute Gasteiger partial charge is 0.103 e. The molecule has 0 bridgehead atoms. The highest BCUT2D eigenvalue weighted by Crippen LogP contribution is 2.27. The molecule has 1 fully saturated rings. The van der Waals surface area contributed by atoms with Gasteiger partial charge in [0.2, 0.25) is 0 Å². The third-order valence-corrected chi connectivity index (χ3v) is 2.92. The molecule has 72 valence electrons. The monoisotopic (exact) mass is 251 g/mol. The fraction of sp³-hybridized carbons (Fsp3) is 0.300. The number of hydrogen-bond acceptors (Lipinski definition) is 3. The Balaban J connectivity index is 2.42. The molecule has 1 aromatic rings. The van der Waals surface area contributed by atoms with Crippen molar-refractivity contribution < 1.29 is 0 Å². The molecule has 1 aliphatic heterocycles. The lowest BCUT2D eigenvalue weighted by Crippen LogP contribution is -2.31. The minimum atomic E-state index is 0.696. The maximum absolute atomic E-state index is 9.03. The van der Waals surface area contributed by atoms with Crippen molar-refractivity contribution in [2.75, 3.05) is 18.1 Å². The van der Waals surface area contributed by atoms with Crippen molar-refractivity contribution in [3.63, 3.8) is 0 Å². The molecule has 1 heterocycles. The van der Waals surface area contributed by atoms with Gasteiger partial charge in [0, 0.05) is 17.6 Å². The van der Waals surface area contributed by atoms with Crippen molar-refractivity contribution >= 4 is 21.6 Å². The van der Waals surface area contributed by atoms with E-state index in [0.29, 0.717) is 5.56 Å². The van der Waals surface area contributed by atoms with Gasteiger partial charge in [-0.05, 0) is 34.5 Å². The molecule has 1 aromatic carbocycles. The number of rotatable bonds is 1. The number of hydrazine groups is 1. The van der Waals surface area contributed by atoms with Crippen LogP contribution in [0.3, 0.4) is 0 Å². The predicted octanol–water partition coefficient (Wildman–Crippen LogP) is 2.04. The molecule has 1 saturated heterocycles. The van der Waals surface area contributed by atoms with Crippen LogP contribution in [0.1, 0.15) is 12.0 Å². The first-order valence-corrected chi connectivity index (χ1v) is 5.32. The number of halogens is 1. The number of nitriles is 1. The highest BCUT2D eigenvalue weighted by atomic mass is 79.9. The summed E-state index contributed by atoms with van der Waals surface area (Å²) in [6, 6.07) is 8.00. The standard InChI is InChI=1S/C10H10BrN3/c11-9-3-1-4-10(8(9)7-12)14-6-2-5-13-14/h1,3-4,13H,2,5-6H2. The lowest BCUT2D eigenvalue weighted by Gasteiger charge is -2.19. The quantitative estimate of drug-likeness (QED) is 0.831. The van der Waals surface area contributed by atoms with E-state index in [4.69, 9.17) is 5.26 Å². The van der Waals surface area contributed by atoms with Crippen LogP contribution in [0.15, 0.2) is 22.7 Å². The Labute approximate surface area is 91.4 Å². The van der Waals surface area contributed by atoms with E-state index in [9.17, 15) is 0 Å². The van der Waals surface area contributed by atoms with Gasteiger partial charge in [-0.15, -0.1) is 0 Å². The molecule has 14 heavy (non-hydrogen) atoms. The predicted molar refractivity (Wildman–Crippen MR) is 58.8 cm³/mol. The van der Waals surface area contributed by atoms with Gasteiger partial charge in [0.25, 0.3) is 0 Å². The van der Waals surface area contributed by atoms with Crippen LogP contribution in [0.5, 0.6) is 0 Å². The average Bonchev–Trinajstić information content (AvgIpc) is 2.70. The van der Waals surface area contributed by atoms with Crippen LogP contribution in [0.4, 0.5) is 5.69 Å². The van der Waals surface area contributed by atoms with Gasteiger partial charge in [-0.3, -0.25) is 0 Å². The second kappa shape index (κ2) is 3.99. The fourth-order valence-electron chi connectivity index (χ4n) is 1.58. The van der Waals surface area contributed by atoms with E-state index in [2.05, 4.69) is 27.4 Å². The van der Waals surface area contributed by atoms with Crippen LogP contribution >= 0.6 is 15.9 Å². The van der Waals surface area contributed by atoms with Crippen molar-refractivity contribution in [2.24, 2.45) is 0 Å². The summed E-state index contributed by atoms with van der Waals surface area (Å²) in [4.78, 5) is 0. The van der Waals surface area contributed by atoms with Crippen molar-refractivity contribution in [1.29, 1.82) is 5.26 Å². The van der Waals surface area contributed by atoms with Gasteiger partial charge >= 0.3 is 0 Å². The molecule has 2 rings (SSSR count). The molecule has 0 aromatic heterocycles. The summed E-state index contributed by atoms with van der Waals surface area (Å²) < 4.78 is 0.853. The zero-order valence-electron chi connectivity index (χ0n) is 7.63. The summed E-state index contributed by atoms with van der Waals surface area (Å²) in [6.07, 6.45) is 1.12. The maximum atomic E-state index is 9.03. The molecule has 3 nitrogen and oxygen atoms in total. The topological polar surface area (TPSA) is 39.1 Å². The molecule has 1 N–H and O–H groups in total. The van der Waals surface area contributed by atoms with Gasteiger partial charge < -0.3 is 5.01 Å². The van der Waals surface area contributed by atoms with Crippen molar-refractivity contribution in [1.82, 2.24) is 5.43 Å². The average molecular weight is 252 g/mol. The summed E-state index contributed by atoms with van der Waals surface area (Å²) in [6.45, 7) is 1.95. The van der Waals surface area contributed by atoms with E-state index in [-0.39, 0.29) is 0 Å². The van der Waals surface area contributed by atoms with Gasteiger partial charge in [0.1, 0.15) is 6.07 Å². The van der Waals surface area contributed by atoms with Crippen LogP contribution in [-0.2, 0) is 0 Å². The third kappa shape index (κ3) is 1.61. The molecule has 0 aliphatic carbocycles. The molecule has 0 radical (unpaired) electrons. The second-order valence-electron chi connectivity index (χ2n) is 3.16. The number of hydrogen-bond donors (Lipinski definition) is 1. The molecule has 0 saturated carbocycles. The Morgan fingerprint density at radius 1 is 1.50 bits per heavy atom. The summed E-state index contributed by atoms with van der Waals surface area (Å²) in [7, 11) is 0. The van der Waals surface area contributed by atoms with Gasteiger partial charge in [-0.2, -0.15) is 5.26 Å². The molecular weight excluding hydrogens is 242 g/mol. The van der Waals surface area contributed by atoms with Crippen LogP contribution in [0, 0.1) is 11.3 Å². The summed E-state index contributed by atoms with van der Waals surface area (Å²) in [5.41, 5.74) is 4.89. The number of nitrogens with zero attached hydrogens (tertiary/aromatic N) is 2. The summed E-state index contributed by atoms with van der Waals surface area (Å²) >= 11 is 3.38. The third-order valence-electron chi connectivity index (χ3n) is 2.26. The second-order valence-corrected chi connectivity index (χ2v) is 4.01. The molecular formula is C10H10BrN3. The summed E-state index contributed by atoms with van der Waals surface area (Å²) in [5, 5.41) is 11.1. The highest BCUT2D eigenvalue weighted by molar-refractivity contribution is 9.10. The Bertz CT molecular complexity index is 377. The van der Waals surface area contributed by atoms with Gasteiger partial charge in [0.15, 0.2) is 0 Å². The SMILES string of the molecule is N#Cc1c(Br)cccc1N1CCCN1. The minimum Gasteiger partial charge on any atom is -0.307 e. The Hall–Kier alpha value is -1.05. The van der Waals surface area contributed by atoms with E-state index in [1.807, 2.05) is 23.2 Å². The van der Waals surface area contributed by atoms with Gasteiger partial charge in [0.05, 0.1) is 11.3 Å². The maximum Gasteiger partial charge on any atom is 0.103 e. The molecule has 0 spiro atoms. The molecule has 0 atom stereocenters. The number of benzene rings is 1. The number of anilines is 1. The molecule has 1 aliphatic rings. The van der Waals surface area contributed by atoms with Crippen LogP contribution in [0.25, 0.3) is 0 Å². The van der Waals surface area contributed by atoms with Crippen molar-refractivity contribution in [2.45, 2.75) is 6.42 Å². The van der Waals surface area contributed by atoms with Gasteiger partial charge in [-0.1, -0.05) is 6.07 Å². The van der Waals surface area contributed by atoms with E-state index in [1.54, 1.807) is 0 Å². The van der Waals surface area contributed by atoms with Crippen LogP contribution in [0.2, 0.25) is 0 Å². The summed E-state index contributed by atoms with van der Waals surface area (Å²) in [5.74, 6) is 0. The fourth-order valence-corrected chi connectivity index (χ4v) is 2.03. The molecule has 4 heteroatoms. The van der Waals surface area contributed by atoms with Gasteiger partial charge in [-0.25, -0.2) is 5.43 Å². The van der Waals surface area contributed by atoms with Crippen LogP contribution < -0.4 is 10.4 Å². The Morgan fingerprint density at radius 3 is 3.00 bits per heavy atom. The van der Waals surface area contributed by atoms with Crippen molar-refractivity contribution in [3.8, 4) is 6.07 Å². The zero-order chi connectivity index (χ0) is 9.97. The van der Waals surface area contributed by atoms with E-state index >= 15 is 0 Å². The highest BCUT2D eigenvalue weighted by Gasteiger charge is 2.16. The van der Waals surface area contributed by atoms with E-state index in [0.717, 1.165) is 29.7 Å². The van der Waals surface area contributed by atoms with Crippen molar-refractivity contribution in [3.05, 3.63) is 28.2 Å². The van der Waals surface area contributed by atoms with Crippen LogP contribution in [-0.4, -0.2) is 13.1 Å². The first-order chi connectivity index (χ1) is 6.83. The largest absolute Gasteiger partial charge is 0.307 e. The number of nitrogens with one attached hydrogen (secondary N) is 1. The lowest BCUT2D eigenvalue weighted by molar-refractivity contribution is 0.786. The van der Waals surface area contributed by atoms with E-state index < -0.39 is 0 Å². The molecule has 0 unspecified atom stereocenters. The normalized spacial score (nSPS) is 15.6. The lowest BCUT2D eigenvalue weighted by atomic mass is 10.2. The first-order valence-electron chi connectivity index (χ1n) is 4.52. The minimum absolute atomic E-state index is 0.696. The Kier molecular flexibility index (Phi) is 2.71.